The molecule has 1 saturated heterocycles. The van der Waals surface area contributed by atoms with Crippen LogP contribution in [0.4, 0.5) is 10.5 Å². The first-order chi connectivity index (χ1) is 16.8. The number of hydrogen-bond acceptors (Lipinski definition) is 5. The number of thioether (sulfide) groups is 1. The van der Waals surface area contributed by atoms with Crippen LogP contribution >= 0.6 is 27.7 Å². The Morgan fingerprint density at radius 1 is 1.03 bits per heavy atom. The highest BCUT2D eigenvalue weighted by molar-refractivity contribution is 9.10. The average Bonchev–Trinajstić information content (AvgIpc) is 3.09. The van der Waals surface area contributed by atoms with Gasteiger partial charge in [-0.25, -0.2) is 0 Å². The molecule has 3 aromatic rings. The minimum absolute atomic E-state index is 0.125. The van der Waals surface area contributed by atoms with Crippen LogP contribution in [0.2, 0.25) is 0 Å². The van der Waals surface area contributed by atoms with Crippen molar-refractivity contribution in [1.82, 2.24) is 4.90 Å². The van der Waals surface area contributed by atoms with E-state index < -0.39 is 0 Å². The number of carbonyl (C=O) groups excluding carboxylic acids is 3. The number of nitrogens with zero attached hydrogens (tertiary/aromatic N) is 1. The number of carbonyl (C=O) groups is 3. The van der Waals surface area contributed by atoms with E-state index >= 15 is 0 Å². The summed E-state index contributed by atoms with van der Waals surface area (Å²) in [6.45, 7) is 4.09. The summed E-state index contributed by atoms with van der Waals surface area (Å²) in [6.07, 6.45) is 1.68. The number of hydrogen-bond donors (Lipinski definition) is 1. The number of halogens is 1. The van der Waals surface area contributed by atoms with Crippen LogP contribution in [0.1, 0.15) is 22.3 Å². The van der Waals surface area contributed by atoms with Crippen LogP contribution in [0.15, 0.2) is 76.1 Å². The first-order valence-corrected chi connectivity index (χ1v) is 12.5. The Balaban J connectivity index is 1.34. The van der Waals surface area contributed by atoms with Gasteiger partial charge in [-0.3, -0.25) is 19.3 Å². The molecule has 4 rings (SSSR count). The highest BCUT2D eigenvalue weighted by atomic mass is 79.9. The summed E-state index contributed by atoms with van der Waals surface area (Å²) in [5.74, 6) is -0.0467. The van der Waals surface area contributed by atoms with Gasteiger partial charge in [0.25, 0.3) is 17.1 Å². The number of ether oxygens (including phenoxy) is 1. The lowest BCUT2D eigenvalue weighted by Crippen LogP contribution is -2.27. The molecule has 1 aliphatic heterocycles. The quantitative estimate of drug-likeness (QED) is 0.348. The number of imide groups is 1. The molecule has 1 fully saturated rings. The Kier molecular flexibility index (Phi) is 7.73. The van der Waals surface area contributed by atoms with E-state index in [-0.39, 0.29) is 30.2 Å². The van der Waals surface area contributed by atoms with Crippen molar-refractivity contribution in [3.63, 3.8) is 0 Å². The number of amides is 3. The molecule has 0 unspecified atom stereocenters. The van der Waals surface area contributed by atoms with E-state index in [0.717, 1.165) is 44.2 Å². The van der Waals surface area contributed by atoms with Crippen molar-refractivity contribution < 1.29 is 19.1 Å². The van der Waals surface area contributed by atoms with Gasteiger partial charge in [0.1, 0.15) is 5.75 Å². The molecule has 178 valence electrons. The smallest absolute Gasteiger partial charge is 0.293 e. The van der Waals surface area contributed by atoms with Crippen molar-refractivity contribution in [3.8, 4) is 5.75 Å². The molecule has 1 heterocycles. The molecular weight excluding hydrogens is 528 g/mol. The lowest BCUT2D eigenvalue weighted by molar-refractivity contribution is -0.123. The second-order valence-electron chi connectivity index (χ2n) is 8.06. The van der Waals surface area contributed by atoms with Crippen molar-refractivity contribution in [2.75, 3.05) is 11.9 Å². The summed E-state index contributed by atoms with van der Waals surface area (Å²) < 4.78 is 6.43. The van der Waals surface area contributed by atoms with E-state index in [0.29, 0.717) is 10.7 Å². The van der Waals surface area contributed by atoms with Gasteiger partial charge in [0.05, 0.1) is 11.4 Å². The summed E-state index contributed by atoms with van der Waals surface area (Å²) in [6, 6.07) is 20.2. The molecule has 8 heteroatoms. The molecule has 3 aromatic carbocycles. The molecule has 1 aliphatic rings. The zero-order valence-corrected chi connectivity index (χ0v) is 21.6. The standard InChI is InChI=1S/C27H23BrN2O4S/c1-17-7-10-21(13-18(17)2)29-25(31)16-34-22-11-8-19(9-12-22)14-24-26(32)30(27(33)35-24)15-20-5-3-4-6-23(20)28/h3-14H,15-16H2,1-2H3,(H,29,31)/b24-14-. The molecule has 0 aliphatic carbocycles. The van der Waals surface area contributed by atoms with Crippen LogP contribution < -0.4 is 10.1 Å². The van der Waals surface area contributed by atoms with Crippen molar-refractivity contribution in [1.29, 1.82) is 0 Å². The van der Waals surface area contributed by atoms with Crippen LogP contribution in [0.25, 0.3) is 6.08 Å². The summed E-state index contributed by atoms with van der Waals surface area (Å²) >= 11 is 4.38. The van der Waals surface area contributed by atoms with E-state index in [1.165, 1.54) is 4.90 Å². The van der Waals surface area contributed by atoms with Crippen molar-refractivity contribution in [2.24, 2.45) is 0 Å². The summed E-state index contributed by atoms with van der Waals surface area (Å²) in [5, 5.41) is 2.52. The molecule has 0 spiro atoms. The predicted octanol–water partition coefficient (Wildman–Crippen LogP) is 6.32. The van der Waals surface area contributed by atoms with Crippen LogP contribution in [-0.2, 0) is 16.1 Å². The number of aryl methyl sites for hydroxylation is 2. The minimum atomic E-state index is -0.320. The third-order valence-corrected chi connectivity index (χ3v) is 7.18. The zero-order chi connectivity index (χ0) is 24.9. The lowest BCUT2D eigenvalue weighted by atomic mass is 10.1. The monoisotopic (exact) mass is 550 g/mol. The maximum absolute atomic E-state index is 12.8. The first kappa shape index (κ1) is 24.8. The van der Waals surface area contributed by atoms with Gasteiger partial charge < -0.3 is 10.1 Å². The molecule has 0 bridgehead atoms. The van der Waals surface area contributed by atoms with Gasteiger partial charge >= 0.3 is 0 Å². The van der Waals surface area contributed by atoms with E-state index in [9.17, 15) is 14.4 Å². The minimum Gasteiger partial charge on any atom is -0.484 e. The molecule has 0 aromatic heterocycles. The fraction of sp³-hybridized carbons (Fsp3) is 0.148. The normalized spacial score (nSPS) is 14.5. The van der Waals surface area contributed by atoms with Gasteiger partial charge in [-0.05, 0) is 84.3 Å². The third-order valence-electron chi connectivity index (χ3n) is 5.50. The second-order valence-corrected chi connectivity index (χ2v) is 9.91. The van der Waals surface area contributed by atoms with E-state index in [4.69, 9.17) is 4.74 Å². The van der Waals surface area contributed by atoms with Crippen LogP contribution in [-0.4, -0.2) is 28.6 Å². The Hall–Kier alpha value is -3.36. The van der Waals surface area contributed by atoms with Crippen LogP contribution in [0.3, 0.4) is 0 Å². The maximum Gasteiger partial charge on any atom is 0.293 e. The Labute approximate surface area is 216 Å². The Bertz CT molecular complexity index is 1320. The van der Waals surface area contributed by atoms with E-state index in [1.54, 1.807) is 30.3 Å². The molecule has 0 atom stereocenters. The Morgan fingerprint density at radius 3 is 2.49 bits per heavy atom. The van der Waals surface area contributed by atoms with E-state index in [2.05, 4.69) is 21.2 Å². The molecule has 3 amide bonds. The largest absolute Gasteiger partial charge is 0.484 e. The van der Waals surface area contributed by atoms with Crippen molar-refractivity contribution >= 4 is 56.5 Å². The van der Waals surface area contributed by atoms with Gasteiger partial charge in [-0.15, -0.1) is 0 Å². The van der Waals surface area contributed by atoms with Gasteiger partial charge in [-0.2, -0.15) is 0 Å². The number of rotatable bonds is 7. The summed E-state index contributed by atoms with van der Waals surface area (Å²) in [7, 11) is 0. The molecule has 1 N–H and O–H groups in total. The number of anilines is 1. The molecule has 0 radical (unpaired) electrons. The zero-order valence-electron chi connectivity index (χ0n) is 19.2. The van der Waals surface area contributed by atoms with Crippen molar-refractivity contribution in [2.45, 2.75) is 20.4 Å². The highest BCUT2D eigenvalue weighted by Gasteiger charge is 2.35. The second kappa shape index (κ2) is 10.9. The lowest BCUT2D eigenvalue weighted by Gasteiger charge is -2.13. The average molecular weight is 551 g/mol. The summed E-state index contributed by atoms with van der Waals surface area (Å²) in [4.78, 5) is 39.0. The SMILES string of the molecule is Cc1ccc(NC(=O)COc2ccc(/C=C3\SC(=O)N(Cc4ccccc4Br)C3=O)cc2)cc1C. The third kappa shape index (κ3) is 6.21. The van der Waals surface area contributed by atoms with Gasteiger partial charge in [-0.1, -0.05) is 52.3 Å². The van der Waals surface area contributed by atoms with Crippen LogP contribution in [0, 0.1) is 13.8 Å². The van der Waals surface area contributed by atoms with Gasteiger partial charge in [0.2, 0.25) is 0 Å². The fourth-order valence-electron chi connectivity index (χ4n) is 3.41. The predicted molar refractivity (Wildman–Crippen MR) is 142 cm³/mol. The van der Waals surface area contributed by atoms with Gasteiger partial charge in [0.15, 0.2) is 6.61 Å². The van der Waals surface area contributed by atoms with Gasteiger partial charge in [0, 0.05) is 10.2 Å². The topological polar surface area (TPSA) is 75.7 Å². The maximum atomic E-state index is 12.8. The fourth-order valence-corrected chi connectivity index (χ4v) is 4.66. The Morgan fingerprint density at radius 2 is 1.77 bits per heavy atom. The van der Waals surface area contributed by atoms with Crippen LogP contribution in [0.5, 0.6) is 5.75 Å². The molecular formula is C27H23BrN2O4S. The number of nitrogens with one attached hydrogen (secondary N) is 1. The summed E-state index contributed by atoms with van der Waals surface area (Å²) in [5.41, 5.74) is 4.60. The van der Waals surface area contributed by atoms with E-state index in [1.807, 2.05) is 56.3 Å². The highest BCUT2D eigenvalue weighted by Crippen LogP contribution is 2.34. The molecule has 0 saturated carbocycles. The van der Waals surface area contributed by atoms with Crippen molar-refractivity contribution in [3.05, 3.63) is 98.4 Å². The molecule has 6 nitrogen and oxygen atoms in total. The number of benzene rings is 3. The first-order valence-electron chi connectivity index (χ1n) is 10.9. The molecule has 35 heavy (non-hydrogen) atoms.